The maximum Gasteiger partial charge on any atom is 0.304 e. The SMILES string of the molecule is CC(=O)OC(NCc1ccccc1)c1ccccc1. The number of hydrogen-bond acceptors (Lipinski definition) is 3. The normalized spacial score (nSPS) is 11.8. The van der Waals surface area contributed by atoms with Crippen molar-refractivity contribution in [3.63, 3.8) is 0 Å². The summed E-state index contributed by atoms with van der Waals surface area (Å²) in [7, 11) is 0. The van der Waals surface area contributed by atoms with Crippen molar-refractivity contribution in [2.24, 2.45) is 0 Å². The summed E-state index contributed by atoms with van der Waals surface area (Å²) in [5.41, 5.74) is 2.09. The highest BCUT2D eigenvalue weighted by Crippen LogP contribution is 2.15. The number of benzene rings is 2. The molecule has 0 radical (unpaired) electrons. The Morgan fingerprint density at radius 2 is 1.63 bits per heavy atom. The lowest BCUT2D eigenvalue weighted by molar-refractivity contribution is -0.148. The summed E-state index contributed by atoms with van der Waals surface area (Å²) in [6, 6.07) is 19.7. The van der Waals surface area contributed by atoms with E-state index in [0.717, 1.165) is 11.1 Å². The van der Waals surface area contributed by atoms with Gasteiger partial charge in [-0.25, -0.2) is 0 Å². The Morgan fingerprint density at radius 1 is 1.05 bits per heavy atom. The van der Waals surface area contributed by atoms with E-state index in [1.165, 1.54) is 6.92 Å². The standard InChI is InChI=1S/C16H17NO2/c1-13(18)19-16(15-10-6-3-7-11-15)17-12-14-8-4-2-5-9-14/h2-11,16-17H,12H2,1H3. The van der Waals surface area contributed by atoms with Crippen LogP contribution in [0, 0.1) is 0 Å². The van der Waals surface area contributed by atoms with Crippen molar-refractivity contribution in [2.45, 2.75) is 19.7 Å². The van der Waals surface area contributed by atoms with Crippen LogP contribution in [0.3, 0.4) is 0 Å². The predicted molar refractivity (Wildman–Crippen MR) is 74.2 cm³/mol. The number of esters is 1. The summed E-state index contributed by atoms with van der Waals surface area (Å²) in [5, 5.41) is 3.24. The van der Waals surface area contributed by atoms with Crippen LogP contribution in [0.1, 0.15) is 24.3 Å². The van der Waals surface area contributed by atoms with Crippen LogP contribution in [0.25, 0.3) is 0 Å². The fraction of sp³-hybridized carbons (Fsp3) is 0.188. The summed E-state index contributed by atoms with van der Waals surface area (Å²) in [6.45, 7) is 2.06. The molecular weight excluding hydrogens is 238 g/mol. The maximum atomic E-state index is 11.2. The number of ether oxygens (including phenoxy) is 1. The van der Waals surface area contributed by atoms with Gasteiger partial charge in [-0.05, 0) is 5.56 Å². The van der Waals surface area contributed by atoms with Crippen LogP contribution in [0.4, 0.5) is 0 Å². The fourth-order valence-electron chi connectivity index (χ4n) is 1.83. The third kappa shape index (κ3) is 4.23. The van der Waals surface area contributed by atoms with Crippen LogP contribution in [-0.4, -0.2) is 5.97 Å². The zero-order valence-electron chi connectivity index (χ0n) is 10.9. The van der Waals surface area contributed by atoms with Crippen molar-refractivity contribution in [3.05, 3.63) is 71.8 Å². The largest absolute Gasteiger partial charge is 0.442 e. The van der Waals surface area contributed by atoms with Crippen LogP contribution >= 0.6 is 0 Å². The van der Waals surface area contributed by atoms with Gasteiger partial charge in [0.25, 0.3) is 0 Å². The van der Waals surface area contributed by atoms with Crippen LogP contribution in [-0.2, 0) is 16.1 Å². The highest BCUT2D eigenvalue weighted by Gasteiger charge is 2.13. The Balaban J connectivity index is 2.04. The van der Waals surface area contributed by atoms with Crippen molar-refractivity contribution < 1.29 is 9.53 Å². The predicted octanol–water partition coefficient (Wildman–Crippen LogP) is 3.04. The number of carbonyl (C=O) groups excluding carboxylic acids is 1. The van der Waals surface area contributed by atoms with E-state index in [2.05, 4.69) is 5.32 Å². The zero-order valence-corrected chi connectivity index (χ0v) is 10.9. The molecule has 0 heterocycles. The summed E-state index contributed by atoms with van der Waals surface area (Å²) in [4.78, 5) is 11.2. The molecule has 0 bridgehead atoms. The molecule has 1 N–H and O–H groups in total. The van der Waals surface area contributed by atoms with E-state index in [0.29, 0.717) is 6.54 Å². The molecule has 2 aromatic rings. The Morgan fingerprint density at radius 3 is 2.21 bits per heavy atom. The van der Waals surface area contributed by atoms with Gasteiger partial charge in [-0.2, -0.15) is 0 Å². The van der Waals surface area contributed by atoms with Crippen LogP contribution in [0.2, 0.25) is 0 Å². The zero-order chi connectivity index (χ0) is 13.5. The van der Waals surface area contributed by atoms with E-state index in [4.69, 9.17) is 4.74 Å². The van der Waals surface area contributed by atoms with Gasteiger partial charge in [0.05, 0.1) is 0 Å². The molecule has 3 heteroatoms. The summed E-state index contributed by atoms with van der Waals surface area (Å²) < 4.78 is 5.31. The van der Waals surface area contributed by atoms with Crippen LogP contribution < -0.4 is 5.32 Å². The molecule has 3 nitrogen and oxygen atoms in total. The highest BCUT2D eigenvalue weighted by molar-refractivity contribution is 5.66. The van der Waals surface area contributed by atoms with E-state index in [1.54, 1.807) is 0 Å². The van der Waals surface area contributed by atoms with E-state index < -0.39 is 6.23 Å². The van der Waals surface area contributed by atoms with Gasteiger partial charge in [0.1, 0.15) is 0 Å². The highest BCUT2D eigenvalue weighted by atomic mass is 16.6. The van der Waals surface area contributed by atoms with Crippen LogP contribution in [0.15, 0.2) is 60.7 Å². The molecule has 1 atom stereocenters. The van der Waals surface area contributed by atoms with Crippen LogP contribution in [0.5, 0.6) is 0 Å². The van der Waals surface area contributed by atoms with E-state index in [1.807, 2.05) is 60.7 Å². The molecule has 1 unspecified atom stereocenters. The van der Waals surface area contributed by atoms with Crippen molar-refractivity contribution >= 4 is 5.97 Å². The molecule has 0 spiro atoms. The molecule has 2 aromatic carbocycles. The van der Waals surface area contributed by atoms with Gasteiger partial charge < -0.3 is 4.74 Å². The summed E-state index contributed by atoms with van der Waals surface area (Å²) in [5.74, 6) is -0.297. The van der Waals surface area contributed by atoms with Gasteiger partial charge in [-0.1, -0.05) is 60.7 Å². The molecule has 19 heavy (non-hydrogen) atoms. The minimum absolute atomic E-state index is 0.297. The second kappa shape index (κ2) is 6.71. The maximum absolute atomic E-state index is 11.2. The van der Waals surface area contributed by atoms with Gasteiger partial charge in [0.15, 0.2) is 6.23 Å². The average Bonchev–Trinajstić information content (AvgIpc) is 2.45. The fourth-order valence-corrected chi connectivity index (χ4v) is 1.83. The van der Waals surface area contributed by atoms with Crippen molar-refractivity contribution in [3.8, 4) is 0 Å². The lowest BCUT2D eigenvalue weighted by atomic mass is 10.2. The van der Waals surface area contributed by atoms with Gasteiger partial charge >= 0.3 is 5.97 Å². The number of nitrogens with one attached hydrogen (secondary N) is 1. The first-order chi connectivity index (χ1) is 9.25. The summed E-state index contributed by atoms with van der Waals surface area (Å²) >= 11 is 0. The molecule has 0 saturated carbocycles. The molecule has 0 saturated heterocycles. The molecule has 98 valence electrons. The van der Waals surface area contributed by atoms with E-state index in [9.17, 15) is 4.79 Å². The first-order valence-corrected chi connectivity index (χ1v) is 6.25. The lowest BCUT2D eigenvalue weighted by Crippen LogP contribution is -2.25. The molecule has 0 fully saturated rings. The third-order valence-corrected chi connectivity index (χ3v) is 2.72. The molecule has 0 aliphatic carbocycles. The van der Waals surface area contributed by atoms with Gasteiger partial charge in [0.2, 0.25) is 0 Å². The minimum Gasteiger partial charge on any atom is -0.442 e. The Bertz CT molecular complexity index is 511. The Hall–Kier alpha value is -2.13. The van der Waals surface area contributed by atoms with E-state index in [-0.39, 0.29) is 5.97 Å². The number of hydrogen-bond donors (Lipinski definition) is 1. The second-order valence-corrected chi connectivity index (χ2v) is 4.27. The minimum atomic E-state index is -0.418. The van der Waals surface area contributed by atoms with Crippen molar-refractivity contribution in [1.29, 1.82) is 0 Å². The molecule has 0 amide bonds. The van der Waals surface area contributed by atoms with E-state index >= 15 is 0 Å². The lowest BCUT2D eigenvalue weighted by Gasteiger charge is -2.19. The Labute approximate surface area is 113 Å². The number of rotatable bonds is 5. The first-order valence-electron chi connectivity index (χ1n) is 6.25. The molecule has 0 aliphatic heterocycles. The second-order valence-electron chi connectivity index (χ2n) is 4.27. The first kappa shape index (κ1) is 13.3. The molecule has 0 aromatic heterocycles. The summed E-state index contributed by atoms with van der Waals surface area (Å²) in [6.07, 6.45) is -0.418. The molecule has 0 aliphatic rings. The monoisotopic (exact) mass is 255 g/mol. The smallest absolute Gasteiger partial charge is 0.304 e. The topological polar surface area (TPSA) is 38.3 Å². The Kier molecular flexibility index (Phi) is 4.70. The molecular formula is C16H17NO2. The van der Waals surface area contributed by atoms with Gasteiger partial charge in [-0.3, -0.25) is 10.1 Å². The molecule has 2 rings (SSSR count). The quantitative estimate of drug-likeness (QED) is 0.659. The van der Waals surface area contributed by atoms with Crippen molar-refractivity contribution in [1.82, 2.24) is 5.32 Å². The van der Waals surface area contributed by atoms with Gasteiger partial charge in [-0.15, -0.1) is 0 Å². The third-order valence-electron chi connectivity index (χ3n) is 2.72. The number of carbonyl (C=O) groups is 1. The average molecular weight is 255 g/mol. The van der Waals surface area contributed by atoms with Crippen molar-refractivity contribution in [2.75, 3.05) is 0 Å². The van der Waals surface area contributed by atoms with Gasteiger partial charge in [0, 0.05) is 19.0 Å².